The molecule has 3 aliphatic heterocycles. The maximum absolute atomic E-state index is 12.8. The lowest BCUT2D eigenvalue weighted by atomic mass is 9.25. The van der Waals surface area contributed by atoms with Gasteiger partial charge in [0.15, 0.2) is 25.0 Å². The van der Waals surface area contributed by atoms with Gasteiger partial charge in [-0.25, -0.2) is 0 Å². The second-order valence-corrected chi connectivity index (χ2v) is 35.5. The third-order valence-electron chi connectivity index (χ3n) is 17.3. The largest absolute Gasteiger partial charge is 0.469 e. The molecular formula is C47H95BO6Si3. The summed E-state index contributed by atoms with van der Waals surface area (Å²) in [6, 6.07) is 6.71. The Morgan fingerprint density at radius 3 is 1.63 bits per heavy atom. The van der Waals surface area contributed by atoms with Gasteiger partial charge in [-0.3, -0.25) is 4.79 Å². The van der Waals surface area contributed by atoms with Crippen molar-refractivity contribution < 1.29 is 27.5 Å². The van der Waals surface area contributed by atoms with Gasteiger partial charge in [0.1, 0.15) is 6.71 Å². The first-order valence-corrected chi connectivity index (χ1v) is 32.5. The number of esters is 1. The van der Waals surface area contributed by atoms with E-state index in [-0.39, 0.29) is 65.2 Å². The first-order valence-electron chi connectivity index (χ1n) is 24.5. The van der Waals surface area contributed by atoms with Gasteiger partial charge in [0.2, 0.25) is 0 Å². The minimum atomic E-state index is -2.11. The van der Waals surface area contributed by atoms with Gasteiger partial charge in [-0.2, -0.15) is 0 Å². The van der Waals surface area contributed by atoms with Crippen LogP contribution in [0.2, 0.25) is 72.4 Å². The molecule has 10 heteroatoms. The van der Waals surface area contributed by atoms with Crippen LogP contribution in [0, 0.1) is 29.6 Å². The van der Waals surface area contributed by atoms with Crippen LogP contribution in [0.4, 0.5) is 0 Å². The van der Waals surface area contributed by atoms with Crippen LogP contribution in [0.1, 0.15) is 155 Å². The maximum atomic E-state index is 12.8. The van der Waals surface area contributed by atoms with Crippen molar-refractivity contribution in [3.63, 3.8) is 0 Å². The molecule has 6 nitrogen and oxygen atoms in total. The Morgan fingerprint density at radius 1 is 0.719 bits per heavy atom. The molecule has 57 heavy (non-hydrogen) atoms. The van der Waals surface area contributed by atoms with Gasteiger partial charge >= 0.3 is 5.97 Å². The van der Waals surface area contributed by atoms with E-state index >= 15 is 0 Å². The molecule has 3 rings (SSSR count). The molecule has 0 spiro atoms. The molecule has 3 fully saturated rings. The van der Waals surface area contributed by atoms with Crippen LogP contribution in [0.3, 0.4) is 0 Å². The zero-order valence-corrected chi connectivity index (χ0v) is 43.8. The Morgan fingerprint density at radius 2 is 1.19 bits per heavy atom. The molecule has 0 amide bonds. The van der Waals surface area contributed by atoms with Crippen molar-refractivity contribution in [2.75, 3.05) is 7.11 Å². The predicted octanol–water partition coefficient (Wildman–Crippen LogP) is 14.1. The van der Waals surface area contributed by atoms with Gasteiger partial charge in [-0.05, 0) is 86.5 Å². The van der Waals surface area contributed by atoms with Crippen LogP contribution >= 0.6 is 0 Å². The Kier molecular flexibility index (Phi) is 20.2. The lowest BCUT2D eigenvalue weighted by Crippen LogP contribution is -2.57. The molecule has 0 aromatic rings. The van der Waals surface area contributed by atoms with E-state index in [1.54, 1.807) is 0 Å². The predicted molar refractivity (Wildman–Crippen MR) is 252 cm³/mol. The molecule has 0 unspecified atom stereocenters. The first kappa shape index (κ1) is 51.4. The number of carbonyl (C=O) groups is 1. The molecule has 10 atom stereocenters. The molecule has 0 N–H and O–H groups in total. The second kappa shape index (κ2) is 22.4. The van der Waals surface area contributed by atoms with E-state index in [2.05, 4.69) is 103 Å². The summed E-state index contributed by atoms with van der Waals surface area (Å²) < 4.78 is 35.8. The summed E-state index contributed by atoms with van der Waals surface area (Å²) in [5, 5.41) is 0.129. The van der Waals surface area contributed by atoms with Crippen LogP contribution < -0.4 is 0 Å². The minimum Gasteiger partial charge on any atom is -0.469 e. The average molecular weight is 851 g/mol. The minimum absolute atomic E-state index is 0.00736. The third-order valence-corrected chi connectivity index (χ3v) is 31.1. The highest BCUT2D eigenvalue weighted by atomic mass is 28.4. The van der Waals surface area contributed by atoms with E-state index in [1.165, 1.54) is 52.0 Å². The average Bonchev–Trinajstić information content (AvgIpc) is 3.19. The number of fused-ring (bicyclic) bond motifs is 2. The summed E-state index contributed by atoms with van der Waals surface area (Å²) in [7, 11) is -4.72. The van der Waals surface area contributed by atoms with Crippen molar-refractivity contribution in [1.82, 2.24) is 0 Å². The standard InChI is InChI=1S/C47H95BO6Si3/c1-18-56(19-2,20-3)53-44(35(8)42(52-55(16,17)47(12,13)14)32-33-48-39-26-24-27-40(48)29-25-28-39)38(11)45(54-57(21-4,22-5)23-6)37(10)43-34(7)30-31-41(51-43)36(9)46(49)50-15/h34-45H,18-33H2,1-17H3/t34-,35-,36-,37+,38-,39?,40?,41-,42+,43-,44-,45+/m0/s1. The summed E-state index contributed by atoms with van der Waals surface area (Å²) in [4.78, 5) is 12.8. The highest BCUT2D eigenvalue weighted by Gasteiger charge is 2.50. The quantitative estimate of drug-likeness (QED) is 0.0754. The summed E-state index contributed by atoms with van der Waals surface area (Å²) in [5.74, 6) is 2.24. The van der Waals surface area contributed by atoms with E-state index in [0.717, 1.165) is 73.9 Å². The highest BCUT2D eigenvalue weighted by molar-refractivity contribution is 6.74. The molecule has 0 aromatic carbocycles. The molecule has 0 aliphatic carbocycles. The summed E-state index contributed by atoms with van der Waals surface area (Å²) in [6.45, 7) is 39.0. The maximum Gasteiger partial charge on any atom is 0.311 e. The smallest absolute Gasteiger partial charge is 0.311 e. The number of hydrogen-bond acceptors (Lipinski definition) is 6. The van der Waals surface area contributed by atoms with Crippen molar-refractivity contribution in [2.24, 2.45) is 29.6 Å². The van der Waals surface area contributed by atoms with Crippen LogP contribution in [0.25, 0.3) is 0 Å². The Balaban J connectivity index is 2.16. The van der Waals surface area contributed by atoms with Gasteiger partial charge in [-0.15, -0.1) is 0 Å². The van der Waals surface area contributed by atoms with Crippen LogP contribution in [-0.4, -0.2) is 75.3 Å². The highest BCUT2D eigenvalue weighted by Crippen LogP contribution is 2.50. The van der Waals surface area contributed by atoms with Crippen LogP contribution in [-0.2, 0) is 27.5 Å². The number of carbonyl (C=O) groups excluding carboxylic acids is 1. The fraction of sp³-hybridized carbons (Fsp3) is 0.979. The normalized spacial score (nSPS) is 27.6. The van der Waals surface area contributed by atoms with Crippen LogP contribution in [0.5, 0.6) is 0 Å². The molecule has 3 saturated heterocycles. The van der Waals surface area contributed by atoms with Crippen LogP contribution in [0.15, 0.2) is 0 Å². The topological polar surface area (TPSA) is 63.2 Å². The molecule has 3 heterocycles. The zero-order valence-electron chi connectivity index (χ0n) is 40.8. The van der Waals surface area contributed by atoms with Gasteiger partial charge < -0.3 is 22.8 Å². The second-order valence-electron chi connectivity index (χ2n) is 21.3. The number of methoxy groups -OCH3 is 1. The summed E-state index contributed by atoms with van der Waals surface area (Å²) >= 11 is 0. The Hall–Kier alpha value is 0.0256. The molecule has 2 bridgehead atoms. The van der Waals surface area contributed by atoms with Crippen molar-refractivity contribution in [1.29, 1.82) is 0 Å². The van der Waals surface area contributed by atoms with Crippen molar-refractivity contribution in [3.05, 3.63) is 0 Å². The SMILES string of the molecule is CC[Si](CC)(CC)O[C@H]([C@H](C)[C@H](O[Si](CC)(CC)CC)[C@H](C)[C@H]1O[C@H]([C@H](C)C(=O)OC)CC[C@@H]1C)[C@@H](C)[C@@H](CCB1C2CCCC1CCC2)O[Si](C)(C)C(C)(C)C. The lowest BCUT2D eigenvalue weighted by Gasteiger charge is -2.50. The zero-order chi connectivity index (χ0) is 42.9. The number of ether oxygens (including phenoxy) is 2. The van der Waals surface area contributed by atoms with E-state index < -0.39 is 25.0 Å². The Labute approximate surface area is 358 Å². The first-order chi connectivity index (χ1) is 26.7. The van der Waals surface area contributed by atoms with Gasteiger partial charge in [0.25, 0.3) is 0 Å². The van der Waals surface area contributed by atoms with Gasteiger partial charge in [0.05, 0.1) is 37.4 Å². The molecule has 3 aliphatic rings. The molecule has 334 valence electrons. The molecule has 0 radical (unpaired) electrons. The monoisotopic (exact) mass is 851 g/mol. The fourth-order valence-corrected chi connectivity index (χ4v) is 19.0. The molecule has 0 aromatic heterocycles. The summed E-state index contributed by atoms with van der Waals surface area (Å²) in [5.41, 5.74) is 0. The molecular weight excluding hydrogens is 756 g/mol. The third kappa shape index (κ3) is 12.6. The van der Waals surface area contributed by atoms with E-state index in [4.69, 9.17) is 22.8 Å². The van der Waals surface area contributed by atoms with Crippen molar-refractivity contribution >= 4 is 37.6 Å². The van der Waals surface area contributed by atoms with E-state index in [1.807, 2.05) is 6.92 Å². The van der Waals surface area contributed by atoms with E-state index in [9.17, 15) is 4.79 Å². The molecule has 0 saturated carbocycles. The van der Waals surface area contributed by atoms with E-state index in [0.29, 0.717) is 5.92 Å². The fourth-order valence-electron chi connectivity index (χ4n) is 11.5. The summed E-state index contributed by atoms with van der Waals surface area (Å²) in [6.07, 6.45) is 12.9. The van der Waals surface area contributed by atoms with Gasteiger partial charge in [-0.1, -0.05) is 146 Å². The van der Waals surface area contributed by atoms with Crippen molar-refractivity contribution in [3.8, 4) is 0 Å². The number of rotatable bonds is 23. The van der Waals surface area contributed by atoms with Gasteiger partial charge in [0, 0.05) is 23.9 Å². The lowest BCUT2D eigenvalue weighted by molar-refractivity contribution is -0.169. The van der Waals surface area contributed by atoms with Crippen molar-refractivity contribution in [2.45, 2.75) is 258 Å². The Bertz CT molecular complexity index is 1150. The number of hydrogen-bond donors (Lipinski definition) is 0.